The van der Waals surface area contributed by atoms with Crippen molar-refractivity contribution < 1.29 is 4.79 Å². The molecule has 110 valence electrons. The van der Waals surface area contributed by atoms with Gasteiger partial charge in [0.25, 0.3) is 0 Å². The van der Waals surface area contributed by atoms with E-state index in [0.717, 1.165) is 18.4 Å². The Hall–Kier alpha value is -1.15. The number of rotatable bonds is 5. The molecule has 1 aromatic rings. The number of hydrogen-bond donors (Lipinski definition) is 1. The standard InChI is InChI=1S/C18H27NO/c1-14(2)15-7-9-16(10-8-15)17(20)13-18(19-3)11-5-4-6-12-18/h7-10,14,19H,4-6,11-13H2,1-3H3. The number of carbonyl (C=O) groups excluding carboxylic acids is 1. The minimum absolute atomic E-state index is 0.0338. The van der Waals surface area contributed by atoms with E-state index in [2.05, 4.69) is 31.3 Å². The van der Waals surface area contributed by atoms with Crippen LogP contribution in [0.15, 0.2) is 24.3 Å². The van der Waals surface area contributed by atoms with Crippen LogP contribution in [-0.4, -0.2) is 18.4 Å². The van der Waals surface area contributed by atoms with E-state index in [4.69, 9.17) is 0 Å². The van der Waals surface area contributed by atoms with E-state index in [1.807, 2.05) is 19.2 Å². The Morgan fingerprint density at radius 3 is 2.25 bits per heavy atom. The normalized spacial score (nSPS) is 18.2. The van der Waals surface area contributed by atoms with E-state index in [1.54, 1.807) is 0 Å². The molecular formula is C18H27NO. The molecule has 0 bridgehead atoms. The van der Waals surface area contributed by atoms with Crippen LogP contribution >= 0.6 is 0 Å². The Kier molecular flexibility index (Phi) is 4.98. The summed E-state index contributed by atoms with van der Waals surface area (Å²) in [6, 6.07) is 8.16. The Balaban J connectivity index is 2.06. The highest BCUT2D eigenvalue weighted by Gasteiger charge is 2.32. The molecule has 0 aromatic heterocycles. The zero-order valence-electron chi connectivity index (χ0n) is 13.0. The quantitative estimate of drug-likeness (QED) is 0.810. The molecule has 1 fully saturated rings. The molecule has 2 heteroatoms. The first-order valence-electron chi connectivity index (χ1n) is 7.88. The molecular weight excluding hydrogens is 246 g/mol. The fourth-order valence-corrected chi connectivity index (χ4v) is 3.21. The third kappa shape index (κ3) is 3.49. The summed E-state index contributed by atoms with van der Waals surface area (Å²) >= 11 is 0. The third-order valence-electron chi connectivity index (χ3n) is 4.74. The van der Waals surface area contributed by atoms with E-state index in [9.17, 15) is 4.79 Å². The molecule has 1 saturated carbocycles. The van der Waals surface area contributed by atoms with Crippen molar-refractivity contribution in [3.05, 3.63) is 35.4 Å². The molecule has 0 saturated heterocycles. The van der Waals surface area contributed by atoms with E-state index < -0.39 is 0 Å². The second-order valence-corrected chi connectivity index (χ2v) is 6.47. The molecule has 1 aromatic carbocycles. The molecule has 1 aliphatic carbocycles. The lowest BCUT2D eigenvalue weighted by molar-refractivity contribution is 0.0915. The molecule has 0 radical (unpaired) electrons. The zero-order chi connectivity index (χ0) is 14.6. The molecule has 0 amide bonds. The van der Waals surface area contributed by atoms with Gasteiger partial charge in [-0.2, -0.15) is 0 Å². The van der Waals surface area contributed by atoms with Crippen molar-refractivity contribution in [3.63, 3.8) is 0 Å². The van der Waals surface area contributed by atoms with Crippen LogP contribution in [0.25, 0.3) is 0 Å². The number of hydrogen-bond acceptors (Lipinski definition) is 2. The fourth-order valence-electron chi connectivity index (χ4n) is 3.21. The van der Waals surface area contributed by atoms with Gasteiger partial charge in [0.1, 0.15) is 0 Å². The molecule has 2 rings (SSSR count). The highest BCUT2D eigenvalue weighted by molar-refractivity contribution is 5.96. The number of nitrogens with one attached hydrogen (secondary N) is 1. The Morgan fingerprint density at radius 1 is 1.15 bits per heavy atom. The maximum absolute atomic E-state index is 12.5. The van der Waals surface area contributed by atoms with E-state index in [0.29, 0.717) is 12.3 Å². The van der Waals surface area contributed by atoms with Gasteiger partial charge in [0, 0.05) is 17.5 Å². The van der Waals surface area contributed by atoms with Crippen LogP contribution in [0.3, 0.4) is 0 Å². The van der Waals surface area contributed by atoms with Gasteiger partial charge in [-0.3, -0.25) is 4.79 Å². The summed E-state index contributed by atoms with van der Waals surface area (Å²) in [5.74, 6) is 0.790. The lowest BCUT2D eigenvalue weighted by Gasteiger charge is -2.36. The van der Waals surface area contributed by atoms with Crippen molar-refractivity contribution in [3.8, 4) is 0 Å². The first kappa shape index (κ1) is 15.2. The minimum Gasteiger partial charge on any atom is -0.314 e. The van der Waals surface area contributed by atoms with Gasteiger partial charge in [0.15, 0.2) is 5.78 Å². The Bertz CT molecular complexity index is 441. The van der Waals surface area contributed by atoms with Gasteiger partial charge in [0.2, 0.25) is 0 Å². The van der Waals surface area contributed by atoms with E-state index in [-0.39, 0.29) is 11.3 Å². The number of benzene rings is 1. The lowest BCUT2D eigenvalue weighted by Crippen LogP contribution is -2.46. The molecule has 0 atom stereocenters. The topological polar surface area (TPSA) is 29.1 Å². The second kappa shape index (κ2) is 6.53. The van der Waals surface area contributed by atoms with Crippen molar-refractivity contribution in [1.29, 1.82) is 0 Å². The first-order valence-corrected chi connectivity index (χ1v) is 7.88. The van der Waals surface area contributed by atoms with Crippen LogP contribution in [0.5, 0.6) is 0 Å². The van der Waals surface area contributed by atoms with Crippen LogP contribution in [0.2, 0.25) is 0 Å². The molecule has 0 unspecified atom stereocenters. The summed E-state index contributed by atoms with van der Waals surface area (Å²) in [4.78, 5) is 12.5. The second-order valence-electron chi connectivity index (χ2n) is 6.47. The molecule has 1 aliphatic rings. The van der Waals surface area contributed by atoms with Crippen LogP contribution in [0.4, 0.5) is 0 Å². The summed E-state index contributed by atoms with van der Waals surface area (Å²) in [6.45, 7) is 4.35. The number of carbonyl (C=O) groups is 1. The maximum atomic E-state index is 12.5. The van der Waals surface area contributed by atoms with Gasteiger partial charge in [-0.1, -0.05) is 57.4 Å². The van der Waals surface area contributed by atoms with Crippen molar-refractivity contribution in [1.82, 2.24) is 5.32 Å². The van der Waals surface area contributed by atoms with Crippen LogP contribution in [0.1, 0.15) is 74.2 Å². The van der Waals surface area contributed by atoms with Crippen molar-refractivity contribution in [2.45, 2.75) is 63.8 Å². The summed E-state index contributed by atoms with van der Waals surface area (Å²) in [5.41, 5.74) is 2.18. The minimum atomic E-state index is 0.0338. The highest BCUT2D eigenvalue weighted by atomic mass is 16.1. The monoisotopic (exact) mass is 273 g/mol. The van der Waals surface area contributed by atoms with Gasteiger partial charge in [-0.15, -0.1) is 0 Å². The molecule has 20 heavy (non-hydrogen) atoms. The average molecular weight is 273 g/mol. The number of ketones is 1. The summed E-state index contributed by atoms with van der Waals surface area (Å²) in [6.07, 6.45) is 6.66. The zero-order valence-corrected chi connectivity index (χ0v) is 13.0. The average Bonchev–Trinajstić information content (AvgIpc) is 2.48. The third-order valence-corrected chi connectivity index (χ3v) is 4.74. The van der Waals surface area contributed by atoms with Crippen molar-refractivity contribution in [2.24, 2.45) is 0 Å². The Morgan fingerprint density at radius 2 is 1.75 bits per heavy atom. The predicted molar refractivity (Wildman–Crippen MR) is 84.4 cm³/mol. The smallest absolute Gasteiger partial charge is 0.164 e. The molecule has 0 heterocycles. The van der Waals surface area contributed by atoms with Crippen molar-refractivity contribution >= 4 is 5.78 Å². The molecule has 1 N–H and O–H groups in total. The summed E-state index contributed by atoms with van der Waals surface area (Å²) < 4.78 is 0. The van der Waals surface area contributed by atoms with Gasteiger partial charge < -0.3 is 5.32 Å². The van der Waals surface area contributed by atoms with Gasteiger partial charge >= 0.3 is 0 Å². The van der Waals surface area contributed by atoms with E-state index >= 15 is 0 Å². The van der Waals surface area contributed by atoms with E-state index in [1.165, 1.54) is 24.8 Å². The maximum Gasteiger partial charge on any atom is 0.164 e. The van der Waals surface area contributed by atoms with Crippen LogP contribution in [-0.2, 0) is 0 Å². The van der Waals surface area contributed by atoms with Gasteiger partial charge in [-0.25, -0.2) is 0 Å². The summed E-state index contributed by atoms with van der Waals surface area (Å²) in [5, 5.41) is 3.43. The summed E-state index contributed by atoms with van der Waals surface area (Å²) in [7, 11) is 2.00. The fraction of sp³-hybridized carbons (Fsp3) is 0.611. The van der Waals surface area contributed by atoms with Crippen molar-refractivity contribution in [2.75, 3.05) is 7.05 Å². The Labute approximate surface area is 123 Å². The number of Topliss-reactive ketones (excluding diaryl/α,β-unsaturated/α-hetero) is 1. The SMILES string of the molecule is CNC1(CC(=O)c2ccc(C(C)C)cc2)CCCCC1. The molecule has 2 nitrogen and oxygen atoms in total. The van der Waals surface area contributed by atoms with Crippen LogP contribution < -0.4 is 5.32 Å². The highest BCUT2D eigenvalue weighted by Crippen LogP contribution is 2.32. The van der Waals surface area contributed by atoms with Gasteiger partial charge in [-0.05, 0) is 31.4 Å². The largest absolute Gasteiger partial charge is 0.314 e. The van der Waals surface area contributed by atoms with Gasteiger partial charge in [0.05, 0.1) is 0 Å². The van der Waals surface area contributed by atoms with Crippen LogP contribution in [0, 0.1) is 0 Å². The predicted octanol–water partition coefficient (Wildman–Crippen LogP) is 4.31. The molecule has 0 spiro atoms. The lowest BCUT2D eigenvalue weighted by atomic mass is 9.77. The molecule has 0 aliphatic heterocycles. The first-order chi connectivity index (χ1) is 9.56.